The van der Waals surface area contributed by atoms with Crippen LogP contribution < -0.4 is 0 Å². The third-order valence-corrected chi connectivity index (χ3v) is 4.45. The van der Waals surface area contributed by atoms with E-state index in [1.54, 1.807) is 0 Å². The summed E-state index contributed by atoms with van der Waals surface area (Å²) in [6, 6.07) is 14.2. The molecule has 0 aliphatic rings. The summed E-state index contributed by atoms with van der Waals surface area (Å²) in [6.07, 6.45) is 0.764. The summed E-state index contributed by atoms with van der Waals surface area (Å²) in [4.78, 5) is 4.81. The molecule has 0 radical (unpaired) electrons. The van der Waals surface area contributed by atoms with Crippen LogP contribution in [0.5, 0.6) is 5.75 Å². The average Bonchev–Trinajstić information content (AvgIpc) is 2.52. The summed E-state index contributed by atoms with van der Waals surface area (Å²) >= 11 is 0. The zero-order valence-corrected chi connectivity index (χ0v) is 21.2. The first kappa shape index (κ1) is 29.4. The van der Waals surface area contributed by atoms with Gasteiger partial charge in [-0.15, -0.1) is 24.8 Å². The van der Waals surface area contributed by atoms with Gasteiger partial charge in [-0.2, -0.15) is 0 Å². The van der Waals surface area contributed by atoms with Gasteiger partial charge in [0.05, 0.1) is 11.4 Å². The molecule has 2 nitrogen and oxygen atoms in total. The maximum absolute atomic E-state index is 11.0. The summed E-state index contributed by atoms with van der Waals surface area (Å²) in [7, 11) is 0. The van der Waals surface area contributed by atoms with Crippen LogP contribution in [0, 0.1) is 0 Å². The second kappa shape index (κ2) is 11.4. The predicted octanol–water partition coefficient (Wildman–Crippen LogP) is 7.36. The first-order valence-corrected chi connectivity index (χ1v) is 9.05. The van der Waals surface area contributed by atoms with Gasteiger partial charge >= 0.3 is 0 Å². The second-order valence-corrected chi connectivity index (χ2v) is 8.67. The van der Waals surface area contributed by atoms with Crippen LogP contribution in [0.4, 0.5) is 5.69 Å². The predicted molar refractivity (Wildman–Crippen MR) is 123 cm³/mol. The molecule has 0 saturated heterocycles. The van der Waals surface area contributed by atoms with Gasteiger partial charge in [-0.25, -0.2) is 0 Å². The van der Waals surface area contributed by atoms with Crippen LogP contribution in [0.25, 0.3) is 0 Å². The van der Waals surface area contributed by atoms with Gasteiger partial charge in [0.15, 0.2) is 0 Å². The van der Waals surface area contributed by atoms with Crippen LogP contribution in [0.15, 0.2) is 47.5 Å². The molecule has 0 unspecified atom stereocenters. The van der Waals surface area contributed by atoms with Gasteiger partial charge in [-0.1, -0.05) is 72.7 Å². The molecule has 0 aromatic heterocycles. The third-order valence-electron chi connectivity index (χ3n) is 4.45. The molecule has 0 heterocycles. The Morgan fingerprint density at radius 2 is 1.43 bits per heavy atom. The van der Waals surface area contributed by atoms with E-state index in [0.717, 1.165) is 28.9 Å². The van der Waals surface area contributed by atoms with Gasteiger partial charge in [0, 0.05) is 32.8 Å². The van der Waals surface area contributed by atoms with Crippen molar-refractivity contribution in [2.24, 2.45) is 4.99 Å². The molecule has 0 bridgehead atoms. The minimum absolute atomic E-state index is 0. The van der Waals surface area contributed by atoms with Crippen molar-refractivity contribution in [3.8, 4) is 5.75 Å². The molecule has 0 fully saturated rings. The summed E-state index contributed by atoms with van der Waals surface area (Å²) in [5.41, 5.74) is 4.75. The fourth-order valence-electron chi connectivity index (χ4n) is 2.85. The van der Waals surface area contributed by atoms with Crippen molar-refractivity contribution in [3.05, 3.63) is 59.2 Å². The van der Waals surface area contributed by atoms with E-state index in [9.17, 15) is 5.11 Å². The Hall–Kier alpha value is -0.796. The van der Waals surface area contributed by atoms with Gasteiger partial charge in [-0.05, 0) is 41.0 Å². The number of halogens is 2. The molecule has 5 heteroatoms. The zero-order valence-electron chi connectivity index (χ0n) is 18.0. The number of phenolic OH excluding ortho intramolecular Hbond substituents is 1. The number of phenols is 1. The van der Waals surface area contributed by atoms with E-state index >= 15 is 0 Å². The van der Waals surface area contributed by atoms with Crippen molar-refractivity contribution >= 4 is 36.2 Å². The number of benzene rings is 2. The van der Waals surface area contributed by atoms with E-state index in [4.69, 9.17) is 4.99 Å². The molecule has 2 aromatic rings. The summed E-state index contributed by atoms with van der Waals surface area (Å²) in [5, 5.41) is 11.0. The van der Waals surface area contributed by atoms with Crippen molar-refractivity contribution in [1.82, 2.24) is 0 Å². The number of aliphatic imine (C=N–C) groups is 1. The Labute approximate surface area is 198 Å². The Morgan fingerprint density at radius 1 is 0.893 bits per heavy atom. The number of para-hydroxylation sites is 1. The molecule has 2 aromatic carbocycles. The third kappa shape index (κ3) is 7.23. The molecular weight excluding hydrogens is 425 g/mol. The maximum atomic E-state index is 11.0. The van der Waals surface area contributed by atoms with E-state index in [1.807, 2.05) is 30.3 Å². The zero-order chi connectivity index (χ0) is 18.8. The minimum Gasteiger partial charge on any atom is -0.507 e. The van der Waals surface area contributed by atoms with Crippen molar-refractivity contribution < 1.29 is 26.8 Å². The SMILES string of the molecule is CCC(=Nc1ccccc1)c1cc(C(C)(C)C)cc(C(C)(C)C)c1O.Cl.Cl.[Ti]. The van der Waals surface area contributed by atoms with E-state index in [-0.39, 0.29) is 57.4 Å². The number of aromatic hydroxyl groups is 1. The minimum atomic E-state index is -0.133. The number of hydrogen-bond acceptors (Lipinski definition) is 2. The van der Waals surface area contributed by atoms with Crippen LogP contribution in [0.1, 0.15) is 71.6 Å². The summed E-state index contributed by atoms with van der Waals surface area (Å²) in [6.45, 7) is 15.1. The van der Waals surface area contributed by atoms with Crippen LogP contribution in [0.2, 0.25) is 0 Å². The van der Waals surface area contributed by atoms with Crippen molar-refractivity contribution in [1.29, 1.82) is 0 Å². The molecule has 0 aliphatic heterocycles. The van der Waals surface area contributed by atoms with Crippen molar-refractivity contribution in [3.63, 3.8) is 0 Å². The van der Waals surface area contributed by atoms with Crippen LogP contribution in [-0.2, 0) is 32.5 Å². The molecule has 154 valence electrons. The van der Waals surface area contributed by atoms with Crippen molar-refractivity contribution in [2.75, 3.05) is 0 Å². The number of hydrogen-bond donors (Lipinski definition) is 1. The summed E-state index contributed by atoms with van der Waals surface area (Å²) < 4.78 is 0. The van der Waals surface area contributed by atoms with Gasteiger partial charge in [0.1, 0.15) is 5.75 Å². The van der Waals surface area contributed by atoms with Gasteiger partial charge in [-0.3, -0.25) is 4.99 Å². The molecule has 0 saturated carbocycles. The smallest absolute Gasteiger partial charge is 0.128 e. The molecule has 0 atom stereocenters. The number of nitrogens with zero attached hydrogens (tertiary/aromatic N) is 1. The normalized spacial score (nSPS) is 11.8. The molecule has 28 heavy (non-hydrogen) atoms. The fraction of sp³-hybridized carbons (Fsp3) is 0.435. The average molecular weight is 458 g/mol. The first-order chi connectivity index (χ1) is 11.5. The van der Waals surface area contributed by atoms with E-state index in [1.165, 1.54) is 5.56 Å². The molecule has 1 N–H and O–H groups in total. The van der Waals surface area contributed by atoms with Crippen LogP contribution in [0.3, 0.4) is 0 Å². The topological polar surface area (TPSA) is 32.6 Å². The van der Waals surface area contributed by atoms with Crippen LogP contribution >= 0.6 is 24.8 Å². The Kier molecular flexibility index (Phi) is 12.0. The van der Waals surface area contributed by atoms with Gasteiger partial charge in [0.2, 0.25) is 0 Å². The standard InChI is InChI=1S/C23H31NO.2ClH.Ti/c1-8-20(24-17-12-10-9-11-13-17)18-14-16(22(2,3)4)15-19(21(18)25)23(5,6)7;;;/h9-15,25H,8H2,1-7H3;2*1H;. The largest absolute Gasteiger partial charge is 0.507 e. The Morgan fingerprint density at radius 3 is 1.86 bits per heavy atom. The van der Waals surface area contributed by atoms with Gasteiger partial charge < -0.3 is 5.11 Å². The van der Waals surface area contributed by atoms with Gasteiger partial charge in [0.25, 0.3) is 0 Å². The van der Waals surface area contributed by atoms with E-state index < -0.39 is 0 Å². The Balaban J connectivity index is 0. The molecule has 2 rings (SSSR count). The molecule has 0 amide bonds. The Bertz CT molecular complexity index is 776. The monoisotopic (exact) mass is 457 g/mol. The number of rotatable bonds is 3. The quantitative estimate of drug-likeness (QED) is 0.378. The summed E-state index contributed by atoms with van der Waals surface area (Å²) in [5.74, 6) is 0.358. The molecule has 0 aliphatic carbocycles. The van der Waals surface area contributed by atoms with Crippen molar-refractivity contribution in [2.45, 2.75) is 65.7 Å². The molecular formula is C23H33Cl2NOTi. The fourth-order valence-corrected chi connectivity index (χ4v) is 2.85. The maximum Gasteiger partial charge on any atom is 0.128 e. The van der Waals surface area contributed by atoms with E-state index in [2.05, 4.69) is 60.6 Å². The second-order valence-electron chi connectivity index (χ2n) is 8.67. The van der Waals surface area contributed by atoms with E-state index in [0.29, 0.717) is 5.75 Å². The molecule has 0 spiro atoms. The first-order valence-electron chi connectivity index (χ1n) is 9.05. The van der Waals surface area contributed by atoms with Crippen LogP contribution in [-0.4, -0.2) is 10.8 Å².